The van der Waals surface area contributed by atoms with Crippen molar-refractivity contribution in [1.82, 2.24) is 0 Å². The van der Waals surface area contributed by atoms with Gasteiger partial charge in [-0.2, -0.15) is 8.42 Å². The monoisotopic (exact) mass is 416 g/mol. The summed E-state index contributed by atoms with van der Waals surface area (Å²) in [7, 11) is -4.03. The molecule has 0 aromatic heterocycles. The molecule has 0 unspecified atom stereocenters. The molecule has 0 aliphatic heterocycles. The summed E-state index contributed by atoms with van der Waals surface area (Å²) in [6.07, 6.45) is 1.38. The molecule has 0 spiro atoms. The Bertz CT molecular complexity index is 1130. The summed E-state index contributed by atoms with van der Waals surface area (Å²) in [5.41, 5.74) is 0.729. The van der Waals surface area contributed by atoms with Crippen LogP contribution in [0.5, 0.6) is 5.75 Å². The number of hydrogen-bond donors (Lipinski definition) is 0. The Kier molecular flexibility index (Phi) is 5.72. The number of rotatable bonds is 6. The Hall–Kier alpha value is -3.23. The lowest BCUT2D eigenvalue weighted by atomic mass is 10.2. The van der Waals surface area contributed by atoms with Crippen LogP contribution in [0.2, 0.25) is 5.02 Å². The second-order valence-electron chi connectivity index (χ2n) is 5.56. The number of aliphatic imine (C=N–C) groups is 1. The highest BCUT2D eigenvalue weighted by Gasteiger charge is 2.18. The molecule has 0 aliphatic carbocycles. The van der Waals surface area contributed by atoms with Crippen LogP contribution in [-0.2, 0) is 10.1 Å². The van der Waals surface area contributed by atoms with Gasteiger partial charge in [-0.1, -0.05) is 29.8 Å². The lowest BCUT2D eigenvalue weighted by Gasteiger charge is -2.09. The van der Waals surface area contributed by atoms with Gasteiger partial charge in [0.25, 0.3) is 5.69 Å². The molecule has 0 amide bonds. The third-order valence-electron chi connectivity index (χ3n) is 3.62. The summed E-state index contributed by atoms with van der Waals surface area (Å²) in [5, 5.41) is 11.1. The highest BCUT2D eigenvalue weighted by atomic mass is 35.5. The number of hydrogen-bond acceptors (Lipinski definition) is 6. The number of nitro groups is 1. The standard InChI is InChI=1S/C19H13ClN2O5S/c20-15-6-11-19(27-28(25,26)18-4-2-1-3-5-18)14(12-15)13-21-16-7-9-17(10-8-16)22(23)24/h1-13H. The van der Waals surface area contributed by atoms with E-state index in [1.165, 1.54) is 60.8 Å². The van der Waals surface area contributed by atoms with Crippen LogP contribution in [0.25, 0.3) is 0 Å². The number of halogens is 1. The summed E-state index contributed by atoms with van der Waals surface area (Å²) in [6, 6.07) is 17.8. The van der Waals surface area contributed by atoms with E-state index in [9.17, 15) is 18.5 Å². The number of benzene rings is 3. The van der Waals surface area contributed by atoms with E-state index in [4.69, 9.17) is 15.8 Å². The van der Waals surface area contributed by atoms with Crippen molar-refractivity contribution in [1.29, 1.82) is 0 Å². The molecule has 0 radical (unpaired) electrons. The summed E-state index contributed by atoms with van der Waals surface area (Å²) in [4.78, 5) is 14.4. The van der Waals surface area contributed by atoms with Crippen molar-refractivity contribution in [3.05, 3.63) is 93.5 Å². The minimum atomic E-state index is -4.03. The molecule has 0 atom stereocenters. The Labute approximate surface area is 166 Å². The molecular weight excluding hydrogens is 404 g/mol. The quantitative estimate of drug-likeness (QED) is 0.249. The molecular formula is C19H13ClN2O5S. The summed E-state index contributed by atoms with van der Waals surface area (Å²) in [6.45, 7) is 0. The van der Waals surface area contributed by atoms with Crippen LogP contribution >= 0.6 is 11.6 Å². The van der Waals surface area contributed by atoms with E-state index in [2.05, 4.69) is 4.99 Å². The average Bonchev–Trinajstić information content (AvgIpc) is 2.69. The fourth-order valence-corrected chi connectivity index (χ4v) is 3.41. The van der Waals surface area contributed by atoms with E-state index in [-0.39, 0.29) is 16.3 Å². The zero-order valence-electron chi connectivity index (χ0n) is 14.2. The molecule has 7 nitrogen and oxygen atoms in total. The van der Waals surface area contributed by atoms with Crippen LogP contribution in [0.4, 0.5) is 11.4 Å². The van der Waals surface area contributed by atoms with Gasteiger partial charge >= 0.3 is 10.1 Å². The Morgan fingerprint density at radius 2 is 1.68 bits per heavy atom. The molecule has 3 aromatic carbocycles. The third kappa shape index (κ3) is 4.73. The van der Waals surface area contributed by atoms with Crippen LogP contribution in [0.1, 0.15) is 5.56 Å². The molecule has 0 saturated heterocycles. The van der Waals surface area contributed by atoms with Crippen molar-refractivity contribution >= 4 is 39.3 Å². The fourth-order valence-electron chi connectivity index (χ4n) is 2.25. The normalized spacial score (nSPS) is 11.5. The first-order valence-electron chi connectivity index (χ1n) is 7.93. The number of nitro benzene ring substituents is 1. The molecule has 0 heterocycles. The maximum absolute atomic E-state index is 12.5. The van der Waals surface area contributed by atoms with Gasteiger partial charge in [-0.3, -0.25) is 15.1 Å². The molecule has 3 rings (SSSR count). The van der Waals surface area contributed by atoms with Crippen molar-refractivity contribution in [3.8, 4) is 5.75 Å². The summed E-state index contributed by atoms with van der Waals surface area (Å²) in [5.74, 6) is 0.0546. The molecule has 0 bridgehead atoms. The SMILES string of the molecule is O=[N+]([O-])c1ccc(N=Cc2cc(Cl)ccc2OS(=O)(=O)c2ccccc2)cc1. The van der Waals surface area contributed by atoms with Crippen LogP contribution in [0.15, 0.2) is 82.7 Å². The van der Waals surface area contributed by atoms with E-state index in [0.29, 0.717) is 16.3 Å². The van der Waals surface area contributed by atoms with Crippen molar-refractivity contribution in [2.24, 2.45) is 4.99 Å². The van der Waals surface area contributed by atoms with Crippen molar-refractivity contribution in [2.45, 2.75) is 4.90 Å². The van der Waals surface area contributed by atoms with Gasteiger partial charge in [-0.25, -0.2) is 0 Å². The highest BCUT2D eigenvalue weighted by Crippen LogP contribution is 2.26. The summed E-state index contributed by atoms with van der Waals surface area (Å²) >= 11 is 6.00. The van der Waals surface area contributed by atoms with E-state index < -0.39 is 15.0 Å². The van der Waals surface area contributed by atoms with E-state index in [1.807, 2.05) is 0 Å². The van der Waals surface area contributed by atoms with Gasteiger partial charge in [0.2, 0.25) is 0 Å². The lowest BCUT2D eigenvalue weighted by molar-refractivity contribution is -0.384. The molecule has 0 N–H and O–H groups in total. The second-order valence-corrected chi connectivity index (χ2v) is 7.55. The van der Waals surface area contributed by atoms with E-state index in [1.54, 1.807) is 18.2 Å². The Balaban J connectivity index is 1.90. The molecule has 0 fully saturated rings. The second kappa shape index (κ2) is 8.20. The molecule has 142 valence electrons. The topological polar surface area (TPSA) is 98.9 Å². The average molecular weight is 417 g/mol. The summed E-state index contributed by atoms with van der Waals surface area (Å²) < 4.78 is 30.1. The van der Waals surface area contributed by atoms with Crippen molar-refractivity contribution in [3.63, 3.8) is 0 Å². The Morgan fingerprint density at radius 1 is 1.00 bits per heavy atom. The smallest absolute Gasteiger partial charge is 0.339 e. The zero-order valence-corrected chi connectivity index (χ0v) is 15.8. The third-order valence-corrected chi connectivity index (χ3v) is 5.10. The van der Waals surface area contributed by atoms with E-state index in [0.717, 1.165) is 0 Å². The van der Waals surface area contributed by atoms with Gasteiger partial charge in [0, 0.05) is 28.9 Å². The van der Waals surface area contributed by atoms with Crippen LogP contribution in [0, 0.1) is 10.1 Å². The molecule has 9 heteroatoms. The Morgan fingerprint density at radius 3 is 2.32 bits per heavy atom. The number of non-ortho nitro benzene ring substituents is 1. The van der Waals surface area contributed by atoms with Crippen molar-refractivity contribution < 1.29 is 17.5 Å². The first-order valence-corrected chi connectivity index (χ1v) is 9.71. The molecule has 3 aromatic rings. The maximum Gasteiger partial charge on any atom is 0.339 e. The van der Waals surface area contributed by atoms with Crippen LogP contribution < -0.4 is 4.18 Å². The lowest BCUT2D eigenvalue weighted by Crippen LogP contribution is -2.10. The van der Waals surface area contributed by atoms with Gasteiger partial charge < -0.3 is 4.18 Å². The van der Waals surface area contributed by atoms with Crippen molar-refractivity contribution in [2.75, 3.05) is 0 Å². The highest BCUT2D eigenvalue weighted by molar-refractivity contribution is 7.87. The largest absolute Gasteiger partial charge is 0.378 e. The minimum absolute atomic E-state index is 0.0169. The van der Waals surface area contributed by atoms with Crippen LogP contribution in [0.3, 0.4) is 0 Å². The first-order chi connectivity index (χ1) is 13.3. The molecule has 0 saturated carbocycles. The predicted octanol–water partition coefficient (Wildman–Crippen LogP) is 4.77. The van der Waals surface area contributed by atoms with Gasteiger partial charge in [0.1, 0.15) is 4.90 Å². The first kappa shape index (κ1) is 19.5. The van der Waals surface area contributed by atoms with Gasteiger partial charge in [0.15, 0.2) is 5.75 Å². The maximum atomic E-state index is 12.5. The zero-order chi connectivity index (χ0) is 20.1. The molecule has 0 aliphatic rings. The number of nitrogens with zero attached hydrogens (tertiary/aromatic N) is 2. The predicted molar refractivity (Wildman–Crippen MR) is 106 cm³/mol. The molecule has 28 heavy (non-hydrogen) atoms. The van der Waals surface area contributed by atoms with Gasteiger partial charge in [0.05, 0.1) is 10.6 Å². The van der Waals surface area contributed by atoms with Gasteiger partial charge in [-0.05, 0) is 42.5 Å². The van der Waals surface area contributed by atoms with Gasteiger partial charge in [-0.15, -0.1) is 0 Å². The van der Waals surface area contributed by atoms with Crippen LogP contribution in [-0.4, -0.2) is 19.6 Å². The fraction of sp³-hybridized carbons (Fsp3) is 0. The van der Waals surface area contributed by atoms with E-state index >= 15 is 0 Å². The minimum Gasteiger partial charge on any atom is -0.378 e.